The van der Waals surface area contributed by atoms with Gasteiger partial charge >= 0.3 is 5.97 Å². The average Bonchev–Trinajstić information content (AvgIpc) is 2.23. The molecule has 0 bridgehead atoms. The predicted molar refractivity (Wildman–Crippen MR) is 55.3 cm³/mol. The van der Waals surface area contributed by atoms with Gasteiger partial charge in [-0.3, -0.25) is 9.59 Å². The number of methoxy groups -OCH3 is 1. The normalized spacial score (nSPS) is 21.6. The highest BCUT2D eigenvalue weighted by Gasteiger charge is 2.22. The Kier molecular flexibility index (Phi) is 4.55. The largest absolute Gasteiger partial charge is 0.469 e. The van der Waals surface area contributed by atoms with Crippen molar-refractivity contribution in [1.29, 1.82) is 0 Å². The number of likely N-dealkylation sites (N-methyl/N-ethyl adjacent to an activating group) is 1. The molecule has 1 aliphatic rings. The van der Waals surface area contributed by atoms with Gasteiger partial charge in [-0.2, -0.15) is 0 Å². The second-order valence-electron chi connectivity index (χ2n) is 3.79. The molecule has 1 aliphatic heterocycles. The first-order valence-electron chi connectivity index (χ1n) is 5.17. The van der Waals surface area contributed by atoms with Crippen LogP contribution in [-0.4, -0.2) is 50.1 Å². The van der Waals surface area contributed by atoms with E-state index < -0.39 is 0 Å². The third-order valence-corrected chi connectivity index (χ3v) is 2.62. The smallest absolute Gasteiger partial charge is 0.306 e. The summed E-state index contributed by atoms with van der Waals surface area (Å²) < 4.78 is 4.53. The summed E-state index contributed by atoms with van der Waals surface area (Å²) in [4.78, 5) is 23.8. The van der Waals surface area contributed by atoms with E-state index in [4.69, 9.17) is 0 Å². The number of carbonyl (C=O) groups is 2. The summed E-state index contributed by atoms with van der Waals surface area (Å²) in [5.41, 5.74) is 0. The van der Waals surface area contributed by atoms with Gasteiger partial charge in [0.15, 0.2) is 0 Å². The minimum atomic E-state index is -0.206. The Morgan fingerprint density at radius 2 is 2.40 bits per heavy atom. The zero-order valence-electron chi connectivity index (χ0n) is 9.28. The van der Waals surface area contributed by atoms with E-state index in [0.717, 1.165) is 13.0 Å². The quantitative estimate of drug-likeness (QED) is 0.656. The van der Waals surface area contributed by atoms with Gasteiger partial charge in [0, 0.05) is 32.6 Å². The lowest BCUT2D eigenvalue weighted by atomic mass is 10.1. The van der Waals surface area contributed by atoms with Gasteiger partial charge in [-0.25, -0.2) is 0 Å². The number of piperidine rings is 1. The highest BCUT2D eigenvalue weighted by molar-refractivity contribution is 5.76. The van der Waals surface area contributed by atoms with Gasteiger partial charge in [-0.1, -0.05) is 0 Å². The number of esters is 1. The van der Waals surface area contributed by atoms with E-state index in [1.54, 1.807) is 11.9 Å². The molecule has 5 nitrogen and oxygen atoms in total. The van der Waals surface area contributed by atoms with Gasteiger partial charge in [0.05, 0.1) is 13.5 Å². The molecule has 0 radical (unpaired) electrons. The lowest BCUT2D eigenvalue weighted by Crippen LogP contribution is -2.47. The van der Waals surface area contributed by atoms with Crippen molar-refractivity contribution >= 4 is 11.9 Å². The summed E-state index contributed by atoms with van der Waals surface area (Å²) in [6, 6.07) is 0.303. The summed E-state index contributed by atoms with van der Waals surface area (Å²) in [5.74, 6) is -0.0104. The summed E-state index contributed by atoms with van der Waals surface area (Å²) in [6.07, 6.45) is 1.82. The second kappa shape index (κ2) is 5.70. The molecule has 0 aromatic rings. The third kappa shape index (κ3) is 3.87. The molecule has 1 fully saturated rings. The van der Waals surface area contributed by atoms with E-state index in [1.807, 2.05) is 0 Å². The van der Waals surface area contributed by atoms with Gasteiger partial charge in [-0.05, 0) is 6.42 Å². The van der Waals surface area contributed by atoms with Crippen LogP contribution in [0.15, 0.2) is 0 Å². The summed E-state index contributed by atoms with van der Waals surface area (Å²) in [5, 5.41) is 3.24. The monoisotopic (exact) mass is 214 g/mol. The maximum Gasteiger partial charge on any atom is 0.306 e. The minimum absolute atomic E-state index is 0.195. The molecule has 1 rings (SSSR count). The van der Waals surface area contributed by atoms with Crippen LogP contribution in [0.1, 0.15) is 19.3 Å². The number of likely N-dealkylation sites (tertiary alicyclic amines) is 1. The lowest BCUT2D eigenvalue weighted by Gasteiger charge is -2.30. The maximum absolute atomic E-state index is 11.2. The summed E-state index contributed by atoms with van der Waals surface area (Å²) in [6.45, 7) is 1.33. The molecule has 0 aliphatic carbocycles. The van der Waals surface area contributed by atoms with Gasteiger partial charge in [0.25, 0.3) is 0 Å². The van der Waals surface area contributed by atoms with E-state index >= 15 is 0 Å². The second-order valence-corrected chi connectivity index (χ2v) is 3.79. The van der Waals surface area contributed by atoms with Crippen LogP contribution in [0.4, 0.5) is 0 Å². The Labute approximate surface area is 89.8 Å². The number of nitrogens with zero attached hydrogens (tertiary/aromatic N) is 1. The topological polar surface area (TPSA) is 58.6 Å². The number of ether oxygens (including phenoxy) is 1. The van der Waals surface area contributed by atoms with Crippen molar-refractivity contribution in [2.24, 2.45) is 0 Å². The molecule has 5 heteroatoms. The van der Waals surface area contributed by atoms with Gasteiger partial charge in [0.2, 0.25) is 5.91 Å². The number of hydrogen-bond donors (Lipinski definition) is 1. The SMILES string of the molecule is COC(=O)CCNC1CCC(=O)N(C)C1. The first kappa shape index (κ1) is 12.0. The number of carbonyl (C=O) groups excluding carboxylic acids is 2. The van der Waals surface area contributed by atoms with Crippen LogP contribution in [0.2, 0.25) is 0 Å². The van der Waals surface area contributed by atoms with Crippen molar-refractivity contribution < 1.29 is 14.3 Å². The van der Waals surface area contributed by atoms with Crippen LogP contribution in [0, 0.1) is 0 Å². The molecule has 0 saturated carbocycles. The first-order valence-corrected chi connectivity index (χ1v) is 5.17. The fraction of sp³-hybridized carbons (Fsp3) is 0.800. The minimum Gasteiger partial charge on any atom is -0.469 e. The van der Waals surface area contributed by atoms with Crippen molar-refractivity contribution in [2.45, 2.75) is 25.3 Å². The van der Waals surface area contributed by atoms with Crippen LogP contribution >= 0.6 is 0 Å². The van der Waals surface area contributed by atoms with Crippen molar-refractivity contribution in [2.75, 3.05) is 27.2 Å². The lowest BCUT2D eigenvalue weighted by molar-refractivity contribution is -0.140. The number of amides is 1. The molecule has 1 amide bonds. The summed E-state index contributed by atoms with van der Waals surface area (Å²) in [7, 11) is 3.19. The third-order valence-electron chi connectivity index (χ3n) is 2.62. The van der Waals surface area contributed by atoms with E-state index in [9.17, 15) is 9.59 Å². The van der Waals surface area contributed by atoms with Crippen LogP contribution in [-0.2, 0) is 14.3 Å². The van der Waals surface area contributed by atoms with Gasteiger partial charge < -0.3 is 15.0 Å². The number of hydrogen-bond acceptors (Lipinski definition) is 4. The number of rotatable bonds is 4. The van der Waals surface area contributed by atoms with E-state index in [1.165, 1.54) is 7.11 Å². The van der Waals surface area contributed by atoms with E-state index in [-0.39, 0.29) is 11.9 Å². The molecular formula is C10H18N2O3. The molecule has 86 valence electrons. The Morgan fingerprint density at radius 1 is 1.67 bits per heavy atom. The van der Waals surface area contributed by atoms with Crippen LogP contribution in [0.25, 0.3) is 0 Å². The molecule has 0 aromatic heterocycles. The van der Waals surface area contributed by atoms with E-state index in [2.05, 4.69) is 10.1 Å². The molecule has 1 atom stereocenters. The Morgan fingerprint density at radius 3 is 3.00 bits per heavy atom. The van der Waals surface area contributed by atoms with Crippen molar-refractivity contribution in [3.8, 4) is 0 Å². The Bertz CT molecular complexity index is 243. The van der Waals surface area contributed by atoms with Crippen molar-refractivity contribution in [1.82, 2.24) is 10.2 Å². The standard InChI is InChI=1S/C10H18N2O3/c1-12-7-8(3-4-9(12)13)11-6-5-10(14)15-2/h8,11H,3-7H2,1-2H3. The Balaban J connectivity index is 2.17. The van der Waals surface area contributed by atoms with Crippen LogP contribution in [0.5, 0.6) is 0 Å². The first-order chi connectivity index (χ1) is 7.13. The van der Waals surface area contributed by atoms with E-state index in [0.29, 0.717) is 25.4 Å². The van der Waals surface area contributed by atoms with Crippen LogP contribution < -0.4 is 5.32 Å². The maximum atomic E-state index is 11.2. The zero-order chi connectivity index (χ0) is 11.3. The zero-order valence-corrected chi connectivity index (χ0v) is 9.28. The highest BCUT2D eigenvalue weighted by atomic mass is 16.5. The molecule has 1 N–H and O–H groups in total. The van der Waals surface area contributed by atoms with Crippen molar-refractivity contribution in [3.05, 3.63) is 0 Å². The Hall–Kier alpha value is -1.10. The van der Waals surface area contributed by atoms with Crippen molar-refractivity contribution in [3.63, 3.8) is 0 Å². The molecule has 15 heavy (non-hydrogen) atoms. The molecule has 1 unspecified atom stereocenters. The molecular weight excluding hydrogens is 196 g/mol. The fourth-order valence-electron chi connectivity index (χ4n) is 1.66. The van der Waals surface area contributed by atoms with Crippen LogP contribution in [0.3, 0.4) is 0 Å². The predicted octanol–water partition coefficient (Wildman–Crippen LogP) is -0.240. The van der Waals surface area contributed by atoms with Gasteiger partial charge in [-0.15, -0.1) is 0 Å². The molecule has 0 aromatic carbocycles. The van der Waals surface area contributed by atoms with Gasteiger partial charge in [0.1, 0.15) is 0 Å². The highest BCUT2D eigenvalue weighted by Crippen LogP contribution is 2.09. The average molecular weight is 214 g/mol. The molecule has 1 saturated heterocycles. The number of nitrogens with one attached hydrogen (secondary N) is 1. The summed E-state index contributed by atoms with van der Waals surface area (Å²) >= 11 is 0. The molecule has 0 spiro atoms. The molecule has 1 heterocycles. The fourth-order valence-corrected chi connectivity index (χ4v) is 1.66.